The van der Waals surface area contributed by atoms with Crippen molar-refractivity contribution in [2.45, 2.75) is 52.2 Å². The molecule has 2 atom stereocenters. The van der Waals surface area contributed by atoms with E-state index < -0.39 is 5.67 Å². The zero-order valence-electron chi connectivity index (χ0n) is 9.51. The summed E-state index contributed by atoms with van der Waals surface area (Å²) < 4.78 is 13.5. The highest BCUT2D eigenvalue weighted by Gasteiger charge is 2.39. The number of likely N-dealkylation sites (tertiary alicyclic amines) is 1. The second kappa shape index (κ2) is 3.87. The third kappa shape index (κ3) is 2.07. The Morgan fingerprint density at radius 2 is 2.14 bits per heavy atom. The number of hydrogen-bond donors (Lipinski definition) is 0. The van der Waals surface area contributed by atoms with Crippen LogP contribution in [0.1, 0.15) is 40.5 Å². The molecule has 1 heterocycles. The summed E-state index contributed by atoms with van der Waals surface area (Å²) in [6.07, 6.45) is 1.92. The fraction of sp³-hybridized carbons (Fsp3) is 0.909. The lowest BCUT2D eigenvalue weighted by Gasteiger charge is -2.29. The average Bonchev–Trinajstić information content (AvgIpc) is 2.43. The van der Waals surface area contributed by atoms with E-state index >= 15 is 0 Å². The van der Waals surface area contributed by atoms with Gasteiger partial charge in [0.25, 0.3) is 5.91 Å². The molecule has 3 heteroatoms. The van der Waals surface area contributed by atoms with E-state index in [9.17, 15) is 9.18 Å². The standard InChI is InChI=1S/C11H20FNO/c1-5-9-8(2)6-7-13(9)10(14)11(3,4)12/h8-9H,5-7H2,1-4H3. The number of amides is 1. The van der Waals surface area contributed by atoms with Gasteiger partial charge in [0.05, 0.1) is 0 Å². The van der Waals surface area contributed by atoms with Gasteiger partial charge in [0, 0.05) is 12.6 Å². The quantitative estimate of drug-likeness (QED) is 0.671. The third-order valence-electron chi connectivity index (χ3n) is 3.07. The van der Waals surface area contributed by atoms with Gasteiger partial charge >= 0.3 is 0 Å². The first-order valence-electron chi connectivity index (χ1n) is 5.38. The van der Waals surface area contributed by atoms with E-state index in [-0.39, 0.29) is 11.9 Å². The summed E-state index contributed by atoms with van der Waals surface area (Å²) in [6, 6.07) is 0.234. The van der Waals surface area contributed by atoms with E-state index in [1.165, 1.54) is 13.8 Å². The maximum absolute atomic E-state index is 13.5. The van der Waals surface area contributed by atoms with Crippen molar-refractivity contribution in [3.05, 3.63) is 0 Å². The van der Waals surface area contributed by atoms with Gasteiger partial charge in [-0.2, -0.15) is 0 Å². The van der Waals surface area contributed by atoms with Gasteiger partial charge in [-0.15, -0.1) is 0 Å². The lowest BCUT2D eigenvalue weighted by atomic mass is 10.00. The number of carbonyl (C=O) groups is 1. The largest absolute Gasteiger partial charge is 0.337 e. The molecule has 0 radical (unpaired) electrons. The first kappa shape index (κ1) is 11.5. The Bertz CT molecular complexity index is 222. The molecule has 0 aliphatic carbocycles. The fourth-order valence-corrected chi connectivity index (χ4v) is 2.22. The van der Waals surface area contributed by atoms with Gasteiger partial charge in [-0.1, -0.05) is 13.8 Å². The molecule has 2 unspecified atom stereocenters. The van der Waals surface area contributed by atoms with Crippen LogP contribution in [0, 0.1) is 5.92 Å². The molecule has 1 rings (SSSR count). The van der Waals surface area contributed by atoms with Crippen LogP contribution in [0.5, 0.6) is 0 Å². The summed E-state index contributed by atoms with van der Waals surface area (Å²) in [5.74, 6) is 0.153. The van der Waals surface area contributed by atoms with Gasteiger partial charge in [-0.3, -0.25) is 4.79 Å². The molecule has 0 aromatic heterocycles. The molecule has 0 saturated carbocycles. The van der Waals surface area contributed by atoms with Gasteiger partial charge in [-0.05, 0) is 32.6 Å². The second-order valence-corrected chi connectivity index (χ2v) is 4.71. The number of hydrogen-bond acceptors (Lipinski definition) is 1. The van der Waals surface area contributed by atoms with Gasteiger partial charge in [0.2, 0.25) is 0 Å². The Hall–Kier alpha value is -0.600. The summed E-state index contributed by atoms with van der Waals surface area (Å²) in [4.78, 5) is 13.4. The summed E-state index contributed by atoms with van der Waals surface area (Å²) in [6.45, 7) is 7.58. The van der Waals surface area contributed by atoms with Crippen LogP contribution < -0.4 is 0 Å². The molecular weight excluding hydrogens is 181 g/mol. The molecule has 0 bridgehead atoms. The van der Waals surface area contributed by atoms with Gasteiger partial charge < -0.3 is 4.90 Å². The SMILES string of the molecule is CCC1C(C)CCN1C(=O)C(C)(C)F. The van der Waals surface area contributed by atoms with Crippen molar-refractivity contribution in [1.82, 2.24) is 4.90 Å². The van der Waals surface area contributed by atoms with Crippen molar-refractivity contribution in [3.63, 3.8) is 0 Å². The highest BCUT2D eigenvalue weighted by Crippen LogP contribution is 2.29. The predicted molar refractivity (Wildman–Crippen MR) is 54.8 cm³/mol. The highest BCUT2D eigenvalue weighted by atomic mass is 19.1. The van der Waals surface area contributed by atoms with E-state index in [1.54, 1.807) is 4.90 Å². The maximum atomic E-state index is 13.5. The molecule has 82 valence electrons. The van der Waals surface area contributed by atoms with Crippen LogP contribution in [0.3, 0.4) is 0 Å². The summed E-state index contributed by atoms with van der Waals surface area (Å²) >= 11 is 0. The van der Waals surface area contributed by atoms with Crippen LogP contribution in [0.15, 0.2) is 0 Å². The van der Waals surface area contributed by atoms with Crippen molar-refractivity contribution >= 4 is 5.91 Å². The van der Waals surface area contributed by atoms with Crippen LogP contribution in [0.25, 0.3) is 0 Å². The maximum Gasteiger partial charge on any atom is 0.259 e. The van der Waals surface area contributed by atoms with Crippen LogP contribution >= 0.6 is 0 Å². The minimum Gasteiger partial charge on any atom is -0.337 e. The molecule has 1 aliphatic heterocycles. The Labute approximate surface area is 85.5 Å². The van der Waals surface area contributed by atoms with Crippen LogP contribution in [-0.2, 0) is 4.79 Å². The van der Waals surface area contributed by atoms with E-state index in [1.807, 2.05) is 0 Å². The molecule has 0 aromatic rings. The molecular formula is C11H20FNO. The van der Waals surface area contributed by atoms with Gasteiger partial charge in [0.1, 0.15) is 0 Å². The van der Waals surface area contributed by atoms with E-state index in [4.69, 9.17) is 0 Å². The van der Waals surface area contributed by atoms with Crippen LogP contribution in [0.4, 0.5) is 4.39 Å². The summed E-state index contributed by atoms with van der Waals surface area (Å²) in [7, 11) is 0. The van der Waals surface area contributed by atoms with Crippen molar-refractivity contribution < 1.29 is 9.18 Å². The second-order valence-electron chi connectivity index (χ2n) is 4.71. The molecule has 1 saturated heterocycles. The van der Waals surface area contributed by atoms with Crippen molar-refractivity contribution in [3.8, 4) is 0 Å². The fourth-order valence-electron chi connectivity index (χ4n) is 2.22. The average molecular weight is 201 g/mol. The molecule has 0 aromatic carbocycles. The molecule has 0 spiro atoms. The van der Waals surface area contributed by atoms with Crippen molar-refractivity contribution in [2.75, 3.05) is 6.54 Å². The Morgan fingerprint density at radius 3 is 2.57 bits per heavy atom. The zero-order valence-corrected chi connectivity index (χ0v) is 9.51. The summed E-state index contributed by atoms with van der Waals surface area (Å²) in [5.41, 5.74) is -1.72. The monoisotopic (exact) mass is 201 g/mol. The number of alkyl halides is 1. The minimum absolute atomic E-state index is 0.234. The molecule has 0 N–H and O–H groups in total. The van der Waals surface area contributed by atoms with Gasteiger partial charge in [0.15, 0.2) is 5.67 Å². The third-order valence-corrected chi connectivity index (χ3v) is 3.07. The van der Waals surface area contributed by atoms with Gasteiger partial charge in [-0.25, -0.2) is 4.39 Å². The van der Waals surface area contributed by atoms with Crippen LogP contribution in [0.2, 0.25) is 0 Å². The molecule has 14 heavy (non-hydrogen) atoms. The van der Waals surface area contributed by atoms with Crippen molar-refractivity contribution in [2.24, 2.45) is 5.92 Å². The van der Waals surface area contributed by atoms with E-state index in [0.717, 1.165) is 12.8 Å². The minimum atomic E-state index is -1.72. The first-order chi connectivity index (χ1) is 6.38. The first-order valence-corrected chi connectivity index (χ1v) is 5.38. The Morgan fingerprint density at radius 1 is 1.57 bits per heavy atom. The summed E-state index contributed by atoms with van der Waals surface area (Å²) in [5, 5.41) is 0. The lowest BCUT2D eigenvalue weighted by Crippen LogP contribution is -2.45. The topological polar surface area (TPSA) is 20.3 Å². The highest BCUT2D eigenvalue weighted by molar-refractivity contribution is 5.84. The lowest BCUT2D eigenvalue weighted by molar-refractivity contribution is -0.143. The predicted octanol–water partition coefficient (Wildman–Crippen LogP) is 2.38. The van der Waals surface area contributed by atoms with E-state index in [2.05, 4.69) is 13.8 Å². The Balaban J connectivity index is 2.74. The normalized spacial score (nSPS) is 28.2. The molecule has 2 nitrogen and oxygen atoms in total. The number of halogens is 1. The smallest absolute Gasteiger partial charge is 0.259 e. The van der Waals surface area contributed by atoms with Crippen LogP contribution in [-0.4, -0.2) is 29.1 Å². The molecule has 1 aliphatic rings. The zero-order chi connectivity index (χ0) is 10.9. The molecule has 1 fully saturated rings. The van der Waals surface area contributed by atoms with E-state index in [0.29, 0.717) is 12.5 Å². The van der Waals surface area contributed by atoms with Crippen molar-refractivity contribution in [1.29, 1.82) is 0 Å². The number of rotatable bonds is 2. The number of carbonyl (C=O) groups excluding carboxylic acids is 1. The Kier molecular flexibility index (Phi) is 3.17. The number of nitrogens with zero attached hydrogens (tertiary/aromatic N) is 1. The molecule has 1 amide bonds.